The Morgan fingerprint density at radius 2 is 2.00 bits per heavy atom. The SMILES string of the molecule is O=S(=O)(c1cc(Br)ccc1Br)N(Cc1cccs1)C1CC1. The van der Waals surface area contributed by atoms with Crippen molar-refractivity contribution < 1.29 is 8.42 Å². The molecule has 2 aromatic rings. The number of thiophene rings is 1. The summed E-state index contributed by atoms with van der Waals surface area (Å²) in [7, 11) is -3.50. The van der Waals surface area contributed by atoms with Gasteiger partial charge in [-0.05, 0) is 58.4 Å². The lowest BCUT2D eigenvalue weighted by atomic mass is 10.4. The van der Waals surface area contributed by atoms with Gasteiger partial charge in [-0.15, -0.1) is 11.3 Å². The minimum absolute atomic E-state index is 0.128. The molecule has 112 valence electrons. The minimum atomic E-state index is -3.50. The zero-order chi connectivity index (χ0) is 15.0. The first kappa shape index (κ1) is 15.7. The van der Waals surface area contributed by atoms with Gasteiger partial charge in [0.15, 0.2) is 0 Å². The predicted molar refractivity (Wildman–Crippen MR) is 91.9 cm³/mol. The average Bonchev–Trinajstić information content (AvgIpc) is 3.14. The summed E-state index contributed by atoms with van der Waals surface area (Å²) in [6, 6.07) is 9.29. The van der Waals surface area contributed by atoms with Crippen LogP contribution in [0.4, 0.5) is 0 Å². The lowest BCUT2D eigenvalue weighted by Gasteiger charge is -2.22. The summed E-state index contributed by atoms with van der Waals surface area (Å²) >= 11 is 8.30. The van der Waals surface area contributed by atoms with Crippen molar-refractivity contribution in [3.8, 4) is 0 Å². The third-order valence-corrected chi connectivity index (χ3v) is 7.57. The van der Waals surface area contributed by atoms with Crippen LogP contribution in [0.1, 0.15) is 17.7 Å². The molecule has 1 fully saturated rings. The van der Waals surface area contributed by atoms with Gasteiger partial charge in [0.05, 0.1) is 4.90 Å². The molecular weight excluding hydrogens is 438 g/mol. The van der Waals surface area contributed by atoms with Crippen molar-refractivity contribution in [3.63, 3.8) is 0 Å². The van der Waals surface area contributed by atoms with Crippen LogP contribution in [0.15, 0.2) is 49.6 Å². The smallest absolute Gasteiger partial charge is 0.207 e. The van der Waals surface area contributed by atoms with Crippen LogP contribution in [0.25, 0.3) is 0 Å². The summed E-state index contributed by atoms with van der Waals surface area (Å²) in [6.45, 7) is 0.448. The maximum absolute atomic E-state index is 13.0. The molecule has 0 amide bonds. The van der Waals surface area contributed by atoms with Gasteiger partial charge >= 0.3 is 0 Å². The Morgan fingerprint density at radius 1 is 1.24 bits per heavy atom. The molecular formula is C14H13Br2NO2S2. The average molecular weight is 451 g/mol. The van der Waals surface area contributed by atoms with Gasteiger partial charge in [0, 0.05) is 26.4 Å². The number of hydrogen-bond donors (Lipinski definition) is 0. The molecule has 0 atom stereocenters. The van der Waals surface area contributed by atoms with Crippen molar-refractivity contribution >= 4 is 53.2 Å². The highest BCUT2D eigenvalue weighted by molar-refractivity contribution is 9.11. The topological polar surface area (TPSA) is 37.4 Å². The van der Waals surface area contributed by atoms with Gasteiger partial charge in [-0.25, -0.2) is 8.42 Å². The number of hydrogen-bond acceptors (Lipinski definition) is 3. The van der Waals surface area contributed by atoms with Gasteiger partial charge in [0.1, 0.15) is 0 Å². The Hall–Kier alpha value is -0.210. The fourth-order valence-electron chi connectivity index (χ4n) is 2.13. The second kappa shape index (κ2) is 6.12. The van der Waals surface area contributed by atoms with Crippen LogP contribution >= 0.6 is 43.2 Å². The molecule has 1 aliphatic carbocycles. The van der Waals surface area contributed by atoms with Crippen LogP contribution < -0.4 is 0 Å². The number of sulfonamides is 1. The summed E-state index contributed by atoms with van der Waals surface area (Å²) in [5, 5.41) is 1.97. The third kappa shape index (κ3) is 3.42. The molecule has 1 aliphatic rings. The number of nitrogens with zero attached hydrogens (tertiary/aromatic N) is 1. The summed E-state index contributed by atoms with van der Waals surface area (Å²) in [5.74, 6) is 0. The number of benzene rings is 1. The molecule has 0 N–H and O–H groups in total. The highest BCUT2D eigenvalue weighted by Gasteiger charge is 2.39. The highest BCUT2D eigenvalue weighted by Crippen LogP contribution is 2.36. The maximum Gasteiger partial charge on any atom is 0.244 e. The number of halogens is 2. The van der Waals surface area contributed by atoms with Crippen LogP contribution in [0, 0.1) is 0 Å². The molecule has 3 rings (SSSR count). The number of rotatable bonds is 5. The van der Waals surface area contributed by atoms with Crippen molar-refractivity contribution in [2.45, 2.75) is 30.3 Å². The molecule has 21 heavy (non-hydrogen) atoms. The summed E-state index contributed by atoms with van der Waals surface area (Å²) < 4.78 is 29.0. The standard InChI is InChI=1S/C14H13Br2NO2S2/c15-10-3-6-13(16)14(8-10)21(18,19)17(11-4-5-11)9-12-2-1-7-20-12/h1-3,6-8,11H,4-5,9H2. The molecule has 0 spiro atoms. The van der Waals surface area contributed by atoms with E-state index in [1.807, 2.05) is 23.6 Å². The van der Waals surface area contributed by atoms with Crippen molar-refractivity contribution in [1.29, 1.82) is 0 Å². The van der Waals surface area contributed by atoms with E-state index < -0.39 is 10.0 Å². The van der Waals surface area contributed by atoms with E-state index in [1.54, 1.807) is 27.8 Å². The van der Waals surface area contributed by atoms with Gasteiger partial charge in [-0.1, -0.05) is 22.0 Å². The molecule has 1 aromatic heterocycles. The van der Waals surface area contributed by atoms with E-state index in [9.17, 15) is 8.42 Å². The largest absolute Gasteiger partial charge is 0.244 e. The van der Waals surface area contributed by atoms with E-state index in [1.165, 1.54) is 0 Å². The Morgan fingerprint density at radius 3 is 2.62 bits per heavy atom. The quantitative estimate of drug-likeness (QED) is 0.665. The monoisotopic (exact) mass is 449 g/mol. The van der Waals surface area contributed by atoms with E-state index in [0.29, 0.717) is 15.9 Å². The van der Waals surface area contributed by atoms with Gasteiger partial charge < -0.3 is 0 Å². The molecule has 1 aromatic carbocycles. The maximum atomic E-state index is 13.0. The van der Waals surface area contributed by atoms with Crippen LogP contribution in [-0.2, 0) is 16.6 Å². The Labute approximate surface area is 145 Å². The van der Waals surface area contributed by atoms with Gasteiger partial charge in [-0.2, -0.15) is 4.31 Å². The molecule has 0 bridgehead atoms. The third-order valence-electron chi connectivity index (χ3n) is 3.33. The summed E-state index contributed by atoms with van der Waals surface area (Å²) in [5.41, 5.74) is 0. The zero-order valence-electron chi connectivity index (χ0n) is 11.0. The molecule has 0 unspecified atom stereocenters. The zero-order valence-corrected chi connectivity index (χ0v) is 15.8. The van der Waals surface area contributed by atoms with Gasteiger partial charge in [0.2, 0.25) is 10.0 Å². The van der Waals surface area contributed by atoms with Crippen molar-refractivity contribution in [1.82, 2.24) is 4.31 Å². The van der Waals surface area contributed by atoms with E-state index >= 15 is 0 Å². The second-order valence-corrected chi connectivity index (χ2v) is 9.60. The molecule has 3 nitrogen and oxygen atoms in total. The fourth-order valence-corrected chi connectivity index (χ4v) is 6.04. The lowest BCUT2D eigenvalue weighted by molar-refractivity contribution is 0.401. The molecule has 1 heterocycles. The first-order chi connectivity index (χ1) is 9.98. The molecule has 0 saturated heterocycles. The van der Waals surface area contributed by atoms with Crippen molar-refractivity contribution in [3.05, 3.63) is 49.5 Å². The molecule has 0 radical (unpaired) electrons. The highest BCUT2D eigenvalue weighted by atomic mass is 79.9. The van der Waals surface area contributed by atoms with Crippen LogP contribution in [0.2, 0.25) is 0 Å². The summed E-state index contributed by atoms with van der Waals surface area (Å²) in [6.07, 6.45) is 1.88. The fraction of sp³-hybridized carbons (Fsp3) is 0.286. The lowest BCUT2D eigenvalue weighted by Crippen LogP contribution is -2.32. The Balaban J connectivity index is 1.99. The van der Waals surface area contributed by atoms with E-state index in [-0.39, 0.29) is 6.04 Å². The molecule has 0 aliphatic heterocycles. The summed E-state index contributed by atoms with van der Waals surface area (Å²) in [4.78, 5) is 1.39. The first-order valence-electron chi connectivity index (χ1n) is 6.48. The molecule has 7 heteroatoms. The first-order valence-corrected chi connectivity index (χ1v) is 10.4. The van der Waals surface area contributed by atoms with Crippen LogP contribution in [-0.4, -0.2) is 18.8 Å². The minimum Gasteiger partial charge on any atom is -0.207 e. The normalized spacial score (nSPS) is 15.6. The predicted octanol–water partition coefficient (Wildman–Crippen LogP) is 4.63. The second-order valence-electron chi connectivity index (χ2n) is 4.94. The van der Waals surface area contributed by atoms with Crippen molar-refractivity contribution in [2.24, 2.45) is 0 Å². The Kier molecular flexibility index (Phi) is 4.57. The van der Waals surface area contributed by atoms with E-state index in [0.717, 1.165) is 22.2 Å². The Bertz CT molecular complexity index is 740. The van der Waals surface area contributed by atoms with E-state index in [4.69, 9.17) is 0 Å². The van der Waals surface area contributed by atoms with Gasteiger partial charge in [0.25, 0.3) is 0 Å². The van der Waals surface area contributed by atoms with Crippen molar-refractivity contribution in [2.75, 3.05) is 0 Å². The van der Waals surface area contributed by atoms with E-state index in [2.05, 4.69) is 31.9 Å². The van der Waals surface area contributed by atoms with Gasteiger partial charge in [-0.3, -0.25) is 0 Å². The van der Waals surface area contributed by atoms with Crippen LogP contribution in [0.5, 0.6) is 0 Å². The molecule has 1 saturated carbocycles. The van der Waals surface area contributed by atoms with Crippen LogP contribution in [0.3, 0.4) is 0 Å².